The van der Waals surface area contributed by atoms with Gasteiger partial charge in [0.05, 0.1) is 0 Å². The Hall–Kier alpha value is -0.860. The van der Waals surface area contributed by atoms with E-state index in [4.69, 9.17) is 5.73 Å². The molecule has 1 aliphatic carbocycles. The minimum absolute atomic E-state index is 0.0533. The monoisotopic (exact) mass is 218 g/mol. The molecule has 1 aromatic rings. The Morgan fingerprint density at radius 2 is 1.94 bits per heavy atom. The van der Waals surface area contributed by atoms with E-state index in [2.05, 4.69) is 43.3 Å². The smallest absolute Gasteiger partial charge is 0.0409 e. The van der Waals surface area contributed by atoms with Gasteiger partial charge in [-0.15, -0.1) is 0 Å². The van der Waals surface area contributed by atoms with Crippen LogP contribution in [0.3, 0.4) is 0 Å². The Bertz CT molecular complexity index is 352. The Morgan fingerprint density at radius 1 is 1.25 bits per heavy atom. The molecule has 0 saturated heterocycles. The van der Waals surface area contributed by atoms with E-state index in [1.54, 1.807) is 0 Å². The zero-order chi connectivity index (χ0) is 11.6. The first kappa shape index (κ1) is 11.6. The van der Waals surface area contributed by atoms with Gasteiger partial charge in [-0.25, -0.2) is 0 Å². The van der Waals surface area contributed by atoms with Crippen molar-refractivity contribution in [2.24, 2.45) is 5.73 Å². The third-order valence-corrected chi connectivity index (χ3v) is 3.50. The van der Waals surface area contributed by atoms with E-state index in [0.717, 1.165) is 19.4 Å². The van der Waals surface area contributed by atoms with E-state index in [9.17, 15) is 0 Å². The van der Waals surface area contributed by atoms with Crippen LogP contribution in [-0.2, 0) is 12.1 Å². The zero-order valence-corrected chi connectivity index (χ0v) is 10.4. The highest BCUT2D eigenvalue weighted by atomic mass is 15.0. The lowest BCUT2D eigenvalue weighted by Crippen LogP contribution is -2.33. The lowest BCUT2D eigenvalue weighted by Gasteiger charge is -2.25. The third-order valence-electron chi connectivity index (χ3n) is 3.50. The number of rotatable bonds is 3. The average Bonchev–Trinajstić information content (AvgIpc) is 2.66. The van der Waals surface area contributed by atoms with Crippen LogP contribution in [0, 0.1) is 0 Å². The molecule has 1 aromatic carbocycles. The molecule has 1 saturated carbocycles. The first-order chi connectivity index (χ1) is 7.60. The summed E-state index contributed by atoms with van der Waals surface area (Å²) in [5.41, 5.74) is 9.10. The predicted molar refractivity (Wildman–Crippen MR) is 68.2 cm³/mol. The molecule has 0 heterocycles. The van der Waals surface area contributed by atoms with E-state index in [1.807, 2.05) is 0 Å². The van der Waals surface area contributed by atoms with Crippen LogP contribution in [0.25, 0.3) is 0 Å². The molecular weight excluding hydrogens is 196 g/mol. The standard InChI is InChI=1S/C14H22N2/c1-16(2)11-12-6-5-7-13(10-12)14(15)8-3-4-9-14/h5-7,10H,3-4,8-9,11,15H2,1-2H3. The largest absolute Gasteiger partial charge is 0.321 e. The third kappa shape index (κ3) is 2.45. The molecule has 2 N–H and O–H groups in total. The first-order valence-corrected chi connectivity index (χ1v) is 6.13. The molecule has 0 atom stereocenters. The minimum Gasteiger partial charge on any atom is -0.321 e. The lowest BCUT2D eigenvalue weighted by molar-refractivity contribution is 0.400. The van der Waals surface area contributed by atoms with Crippen LogP contribution in [0.5, 0.6) is 0 Å². The van der Waals surface area contributed by atoms with Crippen LogP contribution in [-0.4, -0.2) is 19.0 Å². The first-order valence-electron chi connectivity index (χ1n) is 6.13. The van der Waals surface area contributed by atoms with Crippen LogP contribution < -0.4 is 5.73 Å². The molecular formula is C14H22N2. The van der Waals surface area contributed by atoms with Gasteiger partial charge in [-0.1, -0.05) is 37.1 Å². The van der Waals surface area contributed by atoms with E-state index < -0.39 is 0 Å². The van der Waals surface area contributed by atoms with Crippen molar-refractivity contribution >= 4 is 0 Å². The molecule has 1 aliphatic rings. The summed E-state index contributed by atoms with van der Waals surface area (Å²) < 4.78 is 0. The summed E-state index contributed by atoms with van der Waals surface area (Å²) in [6.45, 7) is 0.990. The summed E-state index contributed by atoms with van der Waals surface area (Å²) in [4.78, 5) is 2.19. The van der Waals surface area contributed by atoms with Gasteiger partial charge < -0.3 is 10.6 Å². The van der Waals surface area contributed by atoms with E-state index in [0.29, 0.717) is 0 Å². The number of benzene rings is 1. The maximum atomic E-state index is 6.47. The van der Waals surface area contributed by atoms with Crippen molar-refractivity contribution in [3.05, 3.63) is 35.4 Å². The highest BCUT2D eigenvalue weighted by Gasteiger charge is 2.31. The molecule has 0 aromatic heterocycles. The Labute approximate surface area is 98.4 Å². The van der Waals surface area contributed by atoms with E-state index >= 15 is 0 Å². The Kier molecular flexibility index (Phi) is 3.31. The Balaban J connectivity index is 2.21. The highest BCUT2D eigenvalue weighted by Crippen LogP contribution is 2.36. The summed E-state index contributed by atoms with van der Waals surface area (Å²) in [6, 6.07) is 8.79. The predicted octanol–water partition coefficient (Wildman–Crippen LogP) is 2.48. The summed E-state index contributed by atoms with van der Waals surface area (Å²) in [5.74, 6) is 0. The van der Waals surface area contributed by atoms with Gasteiger partial charge in [0.15, 0.2) is 0 Å². The molecule has 2 rings (SSSR count). The molecule has 0 amide bonds. The van der Waals surface area contributed by atoms with Crippen molar-refractivity contribution in [3.8, 4) is 0 Å². The van der Waals surface area contributed by atoms with E-state index in [1.165, 1.54) is 24.0 Å². The fourth-order valence-electron chi connectivity index (χ4n) is 2.64. The van der Waals surface area contributed by atoms with E-state index in [-0.39, 0.29) is 5.54 Å². The van der Waals surface area contributed by atoms with Crippen molar-refractivity contribution in [2.75, 3.05) is 14.1 Å². The van der Waals surface area contributed by atoms with Gasteiger partial charge in [-0.2, -0.15) is 0 Å². The van der Waals surface area contributed by atoms with Crippen molar-refractivity contribution < 1.29 is 0 Å². The highest BCUT2D eigenvalue weighted by molar-refractivity contribution is 5.30. The molecule has 0 bridgehead atoms. The number of hydrogen-bond acceptors (Lipinski definition) is 2. The molecule has 2 nitrogen and oxygen atoms in total. The van der Waals surface area contributed by atoms with Crippen LogP contribution in [0.15, 0.2) is 24.3 Å². The van der Waals surface area contributed by atoms with Gasteiger partial charge >= 0.3 is 0 Å². The molecule has 0 spiro atoms. The lowest BCUT2D eigenvalue weighted by atomic mass is 9.88. The SMILES string of the molecule is CN(C)Cc1cccc(C2(N)CCCC2)c1. The van der Waals surface area contributed by atoms with Crippen LogP contribution in [0.4, 0.5) is 0 Å². The summed E-state index contributed by atoms with van der Waals surface area (Å²) in [7, 11) is 4.20. The molecule has 1 fully saturated rings. The van der Waals surface area contributed by atoms with Gasteiger partial charge in [-0.3, -0.25) is 0 Å². The van der Waals surface area contributed by atoms with Gasteiger partial charge in [0.2, 0.25) is 0 Å². The van der Waals surface area contributed by atoms with Gasteiger partial charge in [0, 0.05) is 12.1 Å². The summed E-state index contributed by atoms with van der Waals surface area (Å²) >= 11 is 0. The van der Waals surface area contributed by atoms with Crippen molar-refractivity contribution in [3.63, 3.8) is 0 Å². The minimum atomic E-state index is -0.0533. The average molecular weight is 218 g/mol. The maximum Gasteiger partial charge on any atom is 0.0409 e. The Morgan fingerprint density at radius 3 is 2.56 bits per heavy atom. The van der Waals surface area contributed by atoms with Gasteiger partial charge in [-0.05, 0) is 38.1 Å². The van der Waals surface area contributed by atoms with Crippen molar-refractivity contribution in [2.45, 2.75) is 37.8 Å². The fourth-order valence-corrected chi connectivity index (χ4v) is 2.64. The normalized spacial score (nSPS) is 19.2. The topological polar surface area (TPSA) is 29.3 Å². The summed E-state index contributed by atoms with van der Waals surface area (Å²) in [5, 5.41) is 0. The second-order valence-corrected chi connectivity index (χ2v) is 5.30. The quantitative estimate of drug-likeness (QED) is 0.844. The number of nitrogens with zero attached hydrogens (tertiary/aromatic N) is 1. The van der Waals surface area contributed by atoms with Gasteiger partial charge in [0.1, 0.15) is 0 Å². The van der Waals surface area contributed by atoms with Gasteiger partial charge in [0.25, 0.3) is 0 Å². The second kappa shape index (κ2) is 4.56. The zero-order valence-electron chi connectivity index (χ0n) is 10.4. The molecule has 16 heavy (non-hydrogen) atoms. The fraction of sp³-hybridized carbons (Fsp3) is 0.571. The number of nitrogens with two attached hydrogens (primary N) is 1. The van der Waals surface area contributed by atoms with Crippen LogP contribution in [0.1, 0.15) is 36.8 Å². The molecule has 0 radical (unpaired) electrons. The second-order valence-electron chi connectivity index (χ2n) is 5.30. The van der Waals surface area contributed by atoms with Crippen molar-refractivity contribution in [1.82, 2.24) is 4.90 Å². The molecule has 0 unspecified atom stereocenters. The van der Waals surface area contributed by atoms with Crippen LogP contribution in [0.2, 0.25) is 0 Å². The molecule has 0 aliphatic heterocycles. The van der Waals surface area contributed by atoms with Crippen LogP contribution >= 0.6 is 0 Å². The number of hydrogen-bond donors (Lipinski definition) is 1. The maximum absolute atomic E-state index is 6.47. The van der Waals surface area contributed by atoms with Crippen molar-refractivity contribution in [1.29, 1.82) is 0 Å². The summed E-state index contributed by atoms with van der Waals surface area (Å²) in [6.07, 6.45) is 4.82. The molecule has 88 valence electrons. The molecule has 2 heteroatoms.